The van der Waals surface area contributed by atoms with E-state index >= 15 is 0 Å². The Morgan fingerprint density at radius 2 is 1.15 bits per heavy atom. The SMILES string of the molecule is CCCCCCC(C)CCCCC. The van der Waals surface area contributed by atoms with Crippen molar-refractivity contribution >= 4 is 0 Å². The maximum absolute atomic E-state index is 2.42. The van der Waals surface area contributed by atoms with Crippen LogP contribution in [0.25, 0.3) is 0 Å². The minimum Gasteiger partial charge on any atom is -0.0654 e. The Kier molecular flexibility index (Phi) is 10.1. The summed E-state index contributed by atoms with van der Waals surface area (Å²) in [6.07, 6.45) is 12.9. The molecule has 0 amide bonds. The van der Waals surface area contributed by atoms with E-state index in [-0.39, 0.29) is 0 Å². The number of unbranched alkanes of at least 4 members (excludes halogenated alkanes) is 5. The second kappa shape index (κ2) is 10.1. The van der Waals surface area contributed by atoms with Crippen LogP contribution in [0.1, 0.15) is 78.6 Å². The zero-order valence-corrected chi connectivity index (χ0v) is 9.94. The minimum absolute atomic E-state index is 0.975. The van der Waals surface area contributed by atoms with E-state index < -0.39 is 0 Å². The van der Waals surface area contributed by atoms with Crippen molar-refractivity contribution < 1.29 is 0 Å². The van der Waals surface area contributed by atoms with E-state index in [4.69, 9.17) is 0 Å². The van der Waals surface area contributed by atoms with Gasteiger partial charge in [-0.3, -0.25) is 0 Å². The van der Waals surface area contributed by atoms with Crippen molar-refractivity contribution in [1.29, 1.82) is 0 Å². The average Bonchev–Trinajstić information content (AvgIpc) is 2.13. The molecule has 0 aliphatic carbocycles. The highest BCUT2D eigenvalue weighted by Gasteiger charge is 2.00. The summed E-state index contributed by atoms with van der Waals surface area (Å²) < 4.78 is 0. The first-order valence-corrected chi connectivity index (χ1v) is 6.31. The molecule has 0 bridgehead atoms. The predicted molar refractivity (Wildman–Crippen MR) is 62.1 cm³/mol. The molecule has 1 unspecified atom stereocenters. The first-order chi connectivity index (χ1) is 6.31. The highest BCUT2D eigenvalue weighted by atomic mass is 14.1. The lowest BCUT2D eigenvalue weighted by Crippen LogP contribution is -1.94. The van der Waals surface area contributed by atoms with Crippen molar-refractivity contribution in [3.8, 4) is 0 Å². The Morgan fingerprint density at radius 3 is 1.69 bits per heavy atom. The third-order valence-corrected chi connectivity index (χ3v) is 2.85. The van der Waals surface area contributed by atoms with Crippen LogP contribution in [0.5, 0.6) is 0 Å². The van der Waals surface area contributed by atoms with Crippen molar-refractivity contribution in [1.82, 2.24) is 0 Å². The Bertz CT molecular complexity index is 86.0. The van der Waals surface area contributed by atoms with Gasteiger partial charge < -0.3 is 0 Å². The van der Waals surface area contributed by atoms with E-state index in [1.54, 1.807) is 0 Å². The fourth-order valence-electron chi connectivity index (χ4n) is 1.81. The molecule has 0 spiro atoms. The summed E-state index contributed by atoms with van der Waals surface area (Å²) in [6, 6.07) is 0. The summed E-state index contributed by atoms with van der Waals surface area (Å²) in [5, 5.41) is 0. The Morgan fingerprint density at radius 1 is 0.692 bits per heavy atom. The Hall–Kier alpha value is 0. The highest BCUT2D eigenvalue weighted by molar-refractivity contribution is 4.54. The van der Waals surface area contributed by atoms with Crippen molar-refractivity contribution in [2.45, 2.75) is 78.6 Å². The van der Waals surface area contributed by atoms with Crippen LogP contribution >= 0.6 is 0 Å². The van der Waals surface area contributed by atoms with Crippen LogP contribution in [-0.2, 0) is 0 Å². The molecule has 0 nitrogen and oxygen atoms in total. The van der Waals surface area contributed by atoms with Gasteiger partial charge in [-0.2, -0.15) is 0 Å². The van der Waals surface area contributed by atoms with Gasteiger partial charge in [-0.1, -0.05) is 78.6 Å². The van der Waals surface area contributed by atoms with Gasteiger partial charge in [0.1, 0.15) is 0 Å². The molecule has 0 aromatic rings. The molecule has 0 heteroatoms. The van der Waals surface area contributed by atoms with Gasteiger partial charge in [0.15, 0.2) is 0 Å². The van der Waals surface area contributed by atoms with Crippen molar-refractivity contribution in [2.75, 3.05) is 0 Å². The van der Waals surface area contributed by atoms with Gasteiger partial charge in [-0.25, -0.2) is 0 Å². The van der Waals surface area contributed by atoms with E-state index in [1.807, 2.05) is 0 Å². The third-order valence-electron chi connectivity index (χ3n) is 2.85. The molecule has 0 saturated carbocycles. The van der Waals surface area contributed by atoms with Crippen molar-refractivity contribution in [3.05, 3.63) is 0 Å². The summed E-state index contributed by atoms with van der Waals surface area (Å²) in [5.74, 6) is 0.975. The second-order valence-electron chi connectivity index (χ2n) is 4.45. The molecule has 13 heavy (non-hydrogen) atoms. The molecule has 0 heterocycles. The molecule has 0 aromatic carbocycles. The first-order valence-electron chi connectivity index (χ1n) is 6.31. The number of rotatable bonds is 9. The van der Waals surface area contributed by atoms with Crippen LogP contribution in [0.2, 0.25) is 0 Å². The Balaban J connectivity index is 3.05. The molecule has 0 saturated heterocycles. The molecular weight excluding hydrogens is 156 g/mol. The zero-order valence-electron chi connectivity index (χ0n) is 9.94. The maximum atomic E-state index is 2.42. The summed E-state index contributed by atoms with van der Waals surface area (Å²) in [4.78, 5) is 0. The molecule has 0 aromatic heterocycles. The highest BCUT2D eigenvalue weighted by Crippen LogP contribution is 2.16. The lowest BCUT2D eigenvalue weighted by molar-refractivity contribution is 0.439. The molecule has 0 aliphatic rings. The quantitative estimate of drug-likeness (QED) is 0.433. The first kappa shape index (κ1) is 13.0. The fraction of sp³-hybridized carbons (Fsp3) is 1.00. The predicted octanol–water partition coefficient (Wildman–Crippen LogP) is 5.17. The van der Waals surface area contributed by atoms with Gasteiger partial charge in [0.05, 0.1) is 0 Å². The van der Waals surface area contributed by atoms with E-state index in [2.05, 4.69) is 20.8 Å². The standard InChI is InChI=1S/C13H28/c1-4-6-8-10-12-13(3)11-9-7-5-2/h13H,4-12H2,1-3H3. The van der Waals surface area contributed by atoms with Crippen LogP contribution < -0.4 is 0 Å². The van der Waals surface area contributed by atoms with Crippen LogP contribution in [-0.4, -0.2) is 0 Å². The van der Waals surface area contributed by atoms with E-state index in [0.29, 0.717) is 0 Å². The van der Waals surface area contributed by atoms with Crippen molar-refractivity contribution in [3.63, 3.8) is 0 Å². The number of hydrogen-bond donors (Lipinski definition) is 0. The zero-order chi connectivity index (χ0) is 9.94. The van der Waals surface area contributed by atoms with E-state index in [1.165, 1.54) is 57.8 Å². The lowest BCUT2D eigenvalue weighted by Gasteiger charge is -2.10. The smallest absolute Gasteiger partial charge is 0.0443 e. The lowest BCUT2D eigenvalue weighted by atomic mass is 9.97. The molecular formula is C13H28. The van der Waals surface area contributed by atoms with Gasteiger partial charge in [0.25, 0.3) is 0 Å². The van der Waals surface area contributed by atoms with E-state index in [0.717, 1.165) is 5.92 Å². The molecule has 0 radical (unpaired) electrons. The Labute approximate surface area is 85.1 Å². The molecule has 0 aliphatic heterocycles. The summed E-state index contributed by atoms with van der Waals surface area (Å²) in [6.45, 7) is 6.98. The molecule has 0 N–H and O–H groups in total. The van der Waals surface area contributed by atoms with Crippen molar-refractivity contribution in [2.24, 2.45) is 5.92 Å². The summed E-state index contributed by atoms with van der Waals surface area (Å²) >= 11 is 0. The third kappa shape index (κ3) is 9.92. The molecule has 0 rings (SSSR count). The largest absolute Gasteiger partial charge is 0.0654 e. The van der Waals surface area contributed by atoms with Gasteiger partial charge in [-0.15, -0.1) is 0 Å². The second-order valence-corrected chi connectivity index (χ2v) is 4.45. The van der Waals surface area contributed by atoms with Gasteiger partial charge >= 0.3 is 0 Å². The van der Waals surface area contributed by atoms with Crippen LogP contribution in [0.3, 0.4) is 0 Å². The van der Waals surface area contributed by atoms with Gasteiger partial charge in [0.2, 0.25) is 0 Å². The fourth-order valence-corrected chi connectivity index (χ4v) is 1.81. The summed E-state index contributed by atoms with van der Waals surface area (Å²) in [7, 11) is 0. The molecule has 1 atom stereocenters. The van der Waals surface area contributed by atoms with Crippen LogP contribution in [0, 0.1) is 5.92 Å². The molecule has 0 fully saturated rings. The monoisotopic (exact) mass is 184 g/mol. The van der Waals surface area contributed by atoms with Crippen LogP contribution in [0.15, 0.2) is 0 Å². The van der Waals surface area contributed by atoms with Gasteiger partial charge in [0, 0.05) is 0 Å². The normalized spacial score (nSPS) is 13.2. The topological polar surface area (TPSA) is 0 Å². The minimum atomic E-state index is 0.975. The van der Waals surface area contributed by atoms with Gasteiger partial charge in [-0.05, 0) is 5.92 Å². The summed E-state index contributed by atoms with van der Waals surface area (Å²) in [5.41, 5.74) is 0. The maximum Gasteiger partial charge on any atom is -0.0443 e. The number of hydrogen-bond acceptors (Lipinski definition) is 0. The van der Waals surface area contributed by atoms with Crippen LogP contribution in [0.4, 0.5) is 0 Å². The molecule has 80 valence electrons. The average molecular weight is 184 g/mol. The van der Waals surface area contributed by atoms with E-state index in [9.17, 15) is 0 Å².